The lowest BCUT2D eigenvalue weighted by Crippen LogP contribution is -3.00. The fraction of sp³-hybridized carbons (Fsp3) is 0.0476. The summed E-state index contributed by atoms with van der Waals surface area (Å²) >= 11 is 0. The van der Waals surface area contributed by atoms with E-state index in [1.807, 2.05) is 28.0 Å². The summed E-state index contributed by atoms with van der Waals surface area (Å²) in [7, 11) is 0. The van der Waals surface area contributed by atoms with Crippen molar-refractivity contribution in [3.63, 3.8) is 0 Å². The molecule has 0 saturated heterocycles. The molecule has 3 N–H and O–H groups in total. The van der Waals surface area contributed by atoms with Gasteiger partial charge in [0.15, 0.2) is 5.65 Å². The highest BCUT2D eigenvalue weighted by Crippen LogP contribution is 2.19. The summed E-state index contributed by atoms with van der Waals surface area (Å²) in [6.07, 6.45) is 2.90. The third-order valence-electron chi connectivity index (χ3n) is 4.23. The zero-order valence-electron chi connectivity index (χ0n) is 15.3. The van der Waals surface area contributed by atoms with Gasteiger partial charge < -0.3 is 17.1 Å². The van der Waals surface area contributed by atoms with Crippen molar-refractivity contribution in [2.45, 2.75) is 6.54 Å². The highest BCUT2D eigenvalue weighted by atomic mass is 35.5. The first-order chi connectivity index (χ1) is 13.7. The first-order valence-electron chi connectivity index (χ1n) is 8.77. The number of para-hydroxylation sites is 1. The first kappa shape index (κ1) is 20.3. The van der Waals surface area contributed by atoms with Crippen molar-refractivity contribution in [2.24, 2.45) is 0 Å². The Kier molecular flexibility index (Phi) is 6.43. The van der Waals surface area contributed by atoms with Crippen LogP contribution in [0.5, 0.6) is 5.75 Å². The summed E-state index contributed by atoms with van der Waals surface area (Å²) in [5.41, 5.74) is 2.16. The number of quaternary nitrogens is 1. The molecule has 0 bridgehead atoms. The minimum absolute atomic E-state index is 0. The van der Waals surface area contributed by atoms with Gasteiger partial charge in [-0.15, -0.1) is 0 Å². The number of nitrogens with two attached hydrogens (primary N) is 1. The number of carbonyl (C=O) groups is 1. The smallest absolute Gasteiger partial charge is 0.417 e. The molecule has 4 rings (SSSR count). The molecular formula is C21H18ClFN4O2. The molecule has 0 radical (unpaired) electrons. The van der Waals surface area contributed by atoms with Crippen molar-refractivity contribution < 1.29 is 31.6 Å². The fourth-order valence-corrected chi connectivity index (χ4v) is 2.87. The molecule has 148 valence electrons. The number of aromatic nitrogens is 2. The van der Waals surface area contributed by atoms with E-state index in [2.05, 4.69) is 10.3 Å². The van der Waals surface area contributed by atoms with Crippen LogP contribution in [0.25, 0.3) is 5.65 Å². The Morgan fingerprint density at radius 1 is 1.07 bits per heavy atom. The topological polar surface area (TPSA) is 72.2 Å². The minimum atomic E-state index is -0.584. The SMILES string of the molecule is O=C(Nc1ccc([NH2+]Cc2ccc(F)cc2)n2ccnc12)Oc1ccccc1.[Cl-]. The van der Waals surface area contributed by atoms with Crippen LogP contribution in [-0.4, -0.2) is 15.5 Å². The molecule has 2 heterocycles. The average Bonchev–Trinajstić information content (AvgIpc) is 3.20. The van der Waals surface area contributed by atoms with Crippen LogP contribution in [0, 0.1) is 5.82 Å². The van der Waals surface area contributed by atoms with Crippen LogP contribution >= 0.6 is 0 Å². The first-order valence-corrected chi connectivity index (χ1v) is 8.77. The monoisotopic (exact) mass is 412 g/mol. The highest BCUT2D eigenvalue weighted by Gasteiger charge is 2.13. The molecule has 1 amide bonds. The molecule has 0 aliphatic heterocycles. The van der Waals surface area contributed by atoms with Gasteiger partial charge in [-0.3, -0.25) is 15.0 Å². The average molecular weight is 413 g/mol. The molecule has 0 aliphatic carbocycles. The van der Waals surface area contributed by atoms with Crippen LogP contribution in [0.15, 0.2) is 79.1 Å². The summed E-state index contributed by atoms with van der Waals surface area (Å²) in [6.45, 7) is 0.649. The van der Waals surface area contributed by atoms with Gasteiger partial charge >= 0.3 is 6.09 Å². The second-order valence-electron chi connectivity index (χ2n) is 6.16. The predicted molar refractivity (Wildman–Crippen MR) is 103 cm³/mol. The number of imidazole rings is 1. The minimum Gasteiger partial charge on any atom is -1.00 e. The van der Waals surface area contributed by atoms with Gasteiger partial charge in [0.05, 0.1) is 5.69 Å². The quantitative estimate of drug-likeness (QED) is 0.501. The van der Waals surface area contributed by atoms with Crippen molar-refractivity contribution in [1.82, 2.24) is 9.38 Å². The molecule has 0 aliphatic rings. The molecular weight excluding hydrogens is 395 g/mol. The van der Waals surface area contributed by atoms with Crippen molar-refractivity contribution >= 4 is 23.2 Å². The van der Waals surface area contributed by atoms with E-state index in [9.17, 15) is 9.18 Å². The predicted octanol–water partition coefficient (Wildman–Crippen LogP) is 0.483. The van der Waals surface area contributed by atoms with E-state index in [-0.39, 0.29) is 18.2 Å². The van der Waals surface area contributed by atoms with Crippen LogP contribution < -0.4 is 27.8 Å². The number of nitrogens with zero attached hydrogens (tertiary/aromatic N) is 2. The molecule has 6 nitrogen and oxygen atoms in total. The number of nitrogens with one attached hydrogen (secondary N) is 1. The maximum atomic E-state index is 13.0. The Morgan fingerprint density at radius 2 is 1.83 bits per heavy atom. The Balaban J connectivity index is 0.00000240. The van der Waals surface area contributed by atoms with Crippen LogP contribution in [0.2, 0.25) is 0 Å². The molecule has 2 aromatic heterocycles. The molecule has 29 heavy (non-hydrogen) atoms. The number of hydrogen-bond donors (Lipinski definition) is 2. The van der Waals surface area contributed by atoms with Crippen molar-refractivity contribution in [3.05, 3.63) is 90.5 Å². The van der Waals surface area contributed by atoms with E-state index in [1.165, 1.54) is 12.1 Å². The Hall–Kier alpha value is -3.42. The molecule has 0 fully saturated rings. The van der Waals surface area contributed by atoms with Crippen LogP contribution in [0.3, 0.4) is 0 Å². The molecule has 0 spiro atoms. The number of rotatable bonds is 5. The Bertz CT molecular complexity index is 1100. The lowest BCUT2D eigenvalue weighted by molar-refractivity contribution is -0.592. The van der Waals surface area contributed by atoms with E-state index in [4.69, 9.17) is 4.74 Å². The Labute approximate surface area is 172 Å². The summed E-state index contributed by atoms with van der Waals surface area (Å²) in [5.74, 6) is 1.13. The summed E-state index contributed by atoms with van der Waals surface area (Å²) in [5, 5.41) is 4.75. The Morgan fingerprint density at radius 3 is 2.59 bits per heavy atom. The zero-order valence-corrected chi connectivity index (χ0v) is 16.0. The number of benzene rings is 2. The standard InChI is InChI=1S/C21H17FN4O2.ClH/c22-16-8-6-15(7-9-16)14-24-19-11-10-18(20-23-12-13-26(19)20)25-21(27)28-17-4-2-1-3-5-17;/h1-13,24H,14H2,(H,25,27);1H. The lowest BCUT2D eigenvalue weighted by Gasteiger charge is -2.10. The normalized spacial score (nSPS) is 10.4. The molecule has 2 aromatic carbocycles. The second-order valence-corrected chi connectivity index (χ2v) is 6.16. The van der Waals surface area contributed by atoms with Gasteiger partial charge in [-0.2, -0.15) is 0 Å². The van der Waals surface area contributed by atoms with Crippen LogP contribution in [-0.2, 0) is 6.54 Å². The molecule has 4 aromatic rings. The number of anilines is 1. The summed E-state index contributed by atoms with van der Waals surface area (Å²) in [4.78, 5) is 16.5. The number of amides is 1. The van der Waals surface area contributed by atoms with Crippen LogP contribution in [0.4, 0.5) is 20.7 Å². The van der Waals surface area contributed by atoms with Crippen molar-refractivity contribution in [3.8, 4) is 5.75 Å². The van der Waals surface area contributed by atoms with Crippen LogP contribution in [0.1, 0.15) is 5.56 Å². The highest BCUT2D eigenvalue weighted by molar-refractivity contribution is 5.91. The van der Waals surface area contributed by atoms with Gasteiger partial charge in [0.25, 0.3) is 0 Å². The van der Waals surface area contributed by atoms with E-state index in [0.717, 1.165) is 11.4 Å². The van der Waals surface area contributed by atoms with Gasteiger partial charge in [-0.05, 0) is 30.3 Å². The maximum Gasteiger partial charge on any atom is 0.417 e. The fourth-order valence-electron chi connectivity index (χ4n) is 2.87. The van der Waals surface area contributed by atoms with Crippen molar-refractivity contribution in [2.75, 3.05) is 5.32 Å². The third kappa shape index (κ3) is 4.90. The zero-order chi connectivity index (χ0) is 19.3. The van der Waals surface area contributed by atoms with E-state index >= 15 is 0 Å². The van der Waals surface area contributed by atoms with Gasteiger partial charge in [-0.1, -0.05) is 30.3 Å². The number of ether oxygens (including phenoxy) is 1. The number of carbonyl (C=O) groups excluding carboxylic acids is 1. The molecule has 0 atom stereocenters. The third-order valence-corrected chi connectivity index (χ3v) is 4.23. The van der Waals surface area contributed by atoms with E-state index in [1.54, 1.807) is 48.7 Å². The molecule has 0 saturated carbocycles. The van der Waals surface area contributed by atoms with Crippen molar-refractivity contribution in [1.29, 1.82) is 0 Å². The second kappa shape index (κ2) is 9.18. The lowest BCUT2D eigenvalue weighted by atomic mass is 10.2. The van der Waals surface area contributed by atoms with Gasteiger partial charge in [0.2, 0.25) is 5.82 Å². The van der Waals surface area contributed by atoms with Gasteiger partial charge in [0.1, 0.15) is 18.1 Å². The number of pyridine rings is 1. The summed E-state index contributed by atoms with van der Waals surface area (Å²) < 4.78 is 20.2. The van der Waals surface area contributed by atoms with E-state index in [0.29, 0.717) is 23.6 Å². The number of hydrogen-bond acceptors (Lipinski definition) is 3. The van der Waals surface area contributed by atoms with E-state index < -0.39 is 6.09 Å². The largest absolute Gasteiger partial charge is 1.00 e. The number of fused-ring (bicyclic) bond motifs is 1. The van der Waals surface area contributed by atoms with Gasteiger partial charge in [-0.25, -0.2) is 14.2 Å². The number of halogens is 2. The van der Waals surface area contributed by atoms with Gasteiger partial charge in [0, 0.05) is 24.0 Å². The maximum absolute atomic E-state index is 13.0. The molecule has 8 heteroatoms. The summed E-state index contributed by atoms with van der Waals surface area (Å²) in [6, 6.07) is 18.9. The molecule has 0 unspecified atom stereocenters.